The van der Waals surface area contributed by atoms with E-state index in [1.165, 1.54) is 12.3 Å². The van der Waals surface area contributed by atoms with Gasteiger partial charge in [0.2, 0.25) is 11.7 Å². The van der Waals surface area contributed by atoms with Crippen molar-refractivity contribution in [1.29, 1.82) is 0 Å². The van der Waals surface area contributed by atoms with E-state index in [0.29, 0.717) is 23.6 Å². The van der Waals surface area contributed by atoms with Crippen LogP contribution in [0.15, 0.2) is 53.5 Å². The monoisotopic (exact) mass is 764 g/mol. The Labute approximate surface area is 312 Å². The SMILES string of the molecule is CCc1c(N2CCN(C(=O)c3ccnc(C)c3O)CC2)c(=O)n2nc(-c3ccc4c(c3)COC4(C)C)nc2n1CC(=O)Nc1ccc(C(F)(F)F)cc1Cl. The summed E-state index contributed by atoms with van der Waals surface area (Å²) < 4.78 is 48.4. The topological polar surface area (TPSA) is 147 Å². The summed E-state index contributed by atoms with van der Waals surface area (Å²) in [5, 5.41) is 17.4. The number of amides is 2. The van der Waals surface area contributed by atoms with E-state index in [9.17, 15) is 32.7 Å². The Kier molecular flexibility index (Phi) is 9.38. The van der Waals surface area contributed by atoms with Gasteiger partial charge in [0.25, 0.3) is 11.5 Å². The average Bonchev–Trinajstić information content (AvgIpc) is 3.72. The zero-order chi connectivity index (χ0) is 38.7. The molecular formula is C37H36ClF3N8O5. The summed E-state index contributed by atoms with van der Waals surface area (Å²) in [6.45, 7) is 8.33. The largest absolute Gasteiger partial charge is 0.505 e. The van der Waals surface area contributed by atoms with Crippen molar-refractivity contribution in [3.05, 3.63) is 97.7 Å². The number of halogens is 4. The van der Waals surface area contributed by atoms with E-state index in [2.05, 4.69) is 15.4 Å². The molecule has 2 aliphatic heterocycles. The number of piperazine rings is 1. The molecule has 5 aromatic rings. The summed E-state index contributed by atoms with van der Waals surface area (Å²) in [5.74, 6) is -0.875. The summed E-state index contributed by atoms with van der Waals surface area (Å²) >= 11 is 6.15. The van der Waals surface area contributed by atoms with Crippen LogP contribution in [0, 0.1) is 6.92 Å². The van der Waals surface area contributed by atoms with Gasteiger partial charge in [-0.15, -0.1) is 5.10 Å². The first-order valence-electron chi connectivity index (χ1n) is 17.2. The molecule has 7 rings (SSSR count). The second-order valence-corrected chi connectivity index (χ2v) is 14.1. The molecule has 0 aliphatic carbocycles. The minimum Gasteiger partial charge on any atom is -0.505 e. The van der Waals surface area contributed by atoms with E-state index in [4.69, 9.17) is 21.3 Å². The minimum absolute atomic E-state index is 0.0216. The molecule has 0 saturated carbocycles. The number of aromatic nitrogens is 5. The van der Waals surface area contributed by atoms with Crippen LogP contribution in [0.1, 0.15) is 59.2 Å². The fourth-order valence-corrected chi connectivity index (χ4v) is 7.22. The molecule has 1 fully saturated rings. The third kappa shape index (κ3) is 6.64. The number of ether oxygens (including phenoxy) is 1. The quantitative estimate of drug-likeness (QED) is 0.217. The molecule has 54 heavy (non-hydrogen) atoms. The summed E-state index contributed by atoms with van der Waals surface area (Å²) in [6.07, 6.45) is -2.88. The lowest BCUT2D eigenvalue weighted by atomic mass is 9.94. The third-order valence-electron chi connectivity index (χ3n) is 9.85. The summed E-state index contributed by atoms with van der Waals surface area (Å²) in [5.41, 5.74) is 1.87. The third-order valence-corrected chi connectivity index (χ3v) is 10.2. The molecule has 282 valence electrons. The number of alkyl halides is 3. The van der Waals surface area contributed by atoms with Crippen LogP contribution in [0.2, 0.25) is 5.02 Å². The highest BCUT2D eigenvalue weighted by atomic mass is 35.5. The standard InChI is InChI=1S/C37H36ClF3N8O5/c1-5-28-30(46-12-14-47(15-13-46)33(52)24-10-11-42-20(2)31(24)51)34(53)49-35(44-32(45-49)21-6-8-25-22(16-21)19-54-36(25,3)4)48(28)18-29(50)43-27-9-7-23(17-26(27)38)37(39,40)41/h6-11,16-17,51H,5,12-15,18-19H2,1-4H3,(H,43,50). The number of nitrogens with one attached hydrogen (secondary N) is 1. The Balaban J connectivity index is 1.26. The van der Waals surface area contributed by atoms with E-state index in [1.54, 1.807) is 16.4 Å². The van der Waals surface area contributed by atoms with Crippen LogP contribution in [0.5, 0.6) is 5.75 Å². The van der Waals surface area contributed by atoms with Gasteiger partial charge in [0.05, 0.1) is 45.4 Å². The smallest absolute Gasteiger partial charge is 0.416 e. The number of nitrogens with zero attached hydrogens (tertiary/aromatic N) is 7. The van der Waals surface area contributed by atoms with E-state index in [0.717, 1.165) is 33.8 Å². The lowest BCUT2D eigenvalue weighted by molar-refractivity contribution is -0.137. The molecule has 3 aromatic heterocycles. The number of pyridine rings is 1. The molecule has 0 spiro atoms. The normalized spacial score (nSPS) is 15.5. The number of rotatable bonds is 7. The van der Waals surface area contributed by atoms with Gasteiger partial charge in [0, 0.05) is 37.9 Å². The second-order valence-electron chi connectivity index (χ2n) is 13.7. The Bertz CT molecular complexity index is 2380. The zero-order valence-electron chi connectivity index (χ0n) is 29.8. The van der Waals surface area contributed by atoms with Crippen molar-refractivity contribution >= 4 is 40.6 Å². The molecule has 17 heteroatoms. The molecule has 2 aliphatic rings. The number of carbonyl (C=O) groups excluding carboxylic acids is 2. The Morgan fingerprint density at radius 3 is 2.50 bits per heavy atom. The van der Waals surface area contributed by atoms with Crippen LogP contribution < -0.4 is 15.8 Å². The molecule has 0 bridgehead atoms. The maximum atomic E-state index is 14.4. The van der Waals surface area contributed by atoms with Crippen molar-refractivity contribution in [1.82, 2.24) is 29.0 Å². The molecular weight excluding hydrogens is 729 g/mol. The zero-order valence-corrected chi connectivity index (χ0v) is 30.5. The minimum atomic E-state index is -4.62. The van der Waals surface area contributed by atoms with Gasteiger partial charge in [-0.3, -0.25) is 19.4 Å². The highest BCUT2D eigenvalue weighted by molar-refractivity contribution is 6.33. The van der Waals surface area contributed by atoms with Crippen molar-refractivity contribution < 1.29 is 32.6 Å². The van der Waals surface area contributed by atoms with Crippen molar-refractivity contribution in [2.75, 3.05) is 36.4 Å². The Morgan fingerprint density at radius 2 is 1.81 bits per heavy atom. The Morgan fingerprint density at radius 1 is 1.07 bits per heavy atom. The van der Waals surface area contributed by atoms with Gasteiger partial charge in [-0.2, -0.15) is 22.7 Å². The first kappa shape index (κ1) is 36.9. The number of fused-ring (bicyclic) bond motifs is 2. The van der Waals surface area contributed by atoms with Gasteiger partial charge < -0.3 is 29.5 Å². The van der Waals surface area contributed by atoms with Crippen LogP contribution in [-0.4, -0.2) is 72.1 Å². The Hall–Kier alpha value is -5.48. The van der Waals surface area contributed by atoms with Crippen LogP contribution >= 0.6 is 11.6 Å². The fourth-order valence-electron chi connectivity index (χ4n) is 6.99. The lowest BCUT2D eigenvalue weighted by Gasteiger charge is -2.37. The van der Waals surface area contributed by atoms with Crippen molar-refractivity contribution in [2.45, 2.75) is 59.0 Å². The van der Waals surface area contributed by atoms with Gasteiger partial charge in [-0.25, -0.2) is 0 Å². The molecule has 2 aromatic carbocycles. The maximum Gasteiger partial charge on any atom is 0.416 e. The molecule has 1 saturated heterocycles. The number of hydrogen-bond donors (Lipinski definition) is 2. The van der Waals surface area contributed by atoms with Gasteiger partial charge in [-0.1, -0.05) is 30.7 Å². The number of anilines is 2. The van der Waals surface area contributed by atoms with E-state index in [1.807, 2.05) is 43.9 Å². The number of benzene rings is 2. The molecule has 0 radical (unpaired) electrons. The predicted molar refractivity (Wildman–Crippen MR) is 194 cm³/mol. The lowest BCUT2D eigenvalue weighted by Crippen LogP contribution is -2.51. The van der Waals surface area contributed by atoms with E-state index in [-0.39, 0.29) is 84.4 Å². The molecule has 0 atom stereocenters. The highest BCUT2D eigenvalue weighted by Gasteiger charge is 2.33. The number of hydrogen-bond acceptors (Lipinski definition) is 9. The molecule has 0 unspecified atom stereocenters. The van der Waals surface area contributed by atoms with Crippen LogP contribution in [-0.2, 0) is 40.9 Å². The summed E-state index contributed by atoms with van der Waals surface area (Å²) in [4.78, 5) is 53.5. The van der Waals surface area contributed by atoms with Crippen molar-refractivity contribution in [3.63, 3.8) is 0 Å². The first-order valence-corrected chi connectivity index (χ1v) is 17.6. The second kappa shape index (κ2) is 13.7. The van der Waals surface area contributed by atoms with Gasteiger partial charge >= 0.3 is 6.18 Å². The number of aryl methyl sites for hydroxylation is 1. The molecule has 2 N–H and O–H groups in total. The summed E-state index contributed by atoms with van der Waals surface area (Å²) in [6, 6.07) is 9.79. The summed E-state index contributed by atoms with van der Waals surface area (Å²) in [7, 11) is 0. The maximum absolute atomic E-state index is 14.4. The van der Waals surface area contributed by atoms with Gasteiger partial charge in [0.1, 0.15) is 18.0 Å². The molecule has 5 heterocycles. The van der Waals surface area contributed by atoms with Crippen LogP contribution in [0.4, 0.5) is 24.5 Å². The average molecular weight is 765 g/mol. The number of aromatic hydroxyl groups is 1. The van der Waals surface area contributed by atoms with Crippen molar-refractivity contribution in [2.24, 2.45) is 0 Å². The fraction of sp³-hybridized carbons (Fsp3) is 0.351. The highest BCUT2D eigenvalue weighted by Crippen LogP contribution is 2.38. The van der Waals surface area contributed by atoms with Gasteiger partial charge in [-0.05, 0) is 68.7 Å². The van der Waals surface area contributed by atoms with Crippen LogP contribution in [0.3, 0.4) is 0 Å². The predicted octanol–water partition coefficient (Wildman–Crippen LogP) is 5.57. The molecule has 13 nitrogen and oxygen atoms in total. The van der Waals surface area contributed by atoms with Gasteiger partial charge in [0.15, 0.2) is 5.82 Å². The number of carbonyl (C=O) groups is 2. The van der Waals surface area contributed by atoms with E-state index < -0.39 is 28.8 Å². The molecule has 2 amide bonds. The van der Waals surface area contributed by atoms with E-state index >= 15 is 0 Å². The first-order chi connectivity index (χ1) is 25.6. The van der Waals surface area contributed by atoms with Crippen molar-refractivity contribution in [3.8, 4) is 17.1 Å². The van der Waals surface area contributed by atoms with Crippen LogP contribution in [0.25, 0.3) is 17.2 Å².